The first-order valence-electron chi connectivity index (χ1n) is 8.40. The third-order valence-corrected chi connectivity index (χ3v) is 5.49. The number of ether oxygens (including phenoxy) is 1. The first-order valence-corrected chi connectivity index (χ1v) is 9.38. The second-order valence-electron chi connectivity index (χ2n) is 5.99. The molecule has 0 N–H and O–H groups in total. The Labute approximate surface area is 156 Å². The molecular weight excluding hydrogens is 342 g/mol. The van der Waals surface area contributed by atoms with E-state index >= 15 is 0 Å². The molecule has 4 aromatic rings. The number of fused-ring (bicyclic) bond motifs is 1. The second-order valence-corrected chi connectivity index (χ2v) is 6.93. The van der Waals surface area contributed by atoms with Gasteiger partial charge < -0.3 is 9.30 Å². The monoisotopic (exact) mass is 361 g/mol. The van der Waals surface area contributed by atoms with Crippen LogP contribution in [0, 0.1) is 0 Å². The molecule has 130 valence electrons. The highest BCUT2D eigenvalue weighted by atomic mass is 32.2. The average molecular weight is 361 g/mol. The highest BCUT2D eigenvalue weighted by Gasteiger charge is 2.15. The lowest BCUT2D eigenvalue weighted by Crippen LogP contribution is -1.97. The third-order valence-electron chi connectivity index (χ3n) is 4.42. The summed E-state index contributed by atoms with van der Waals surface area (Å²) in [4.78, 5) is 0. The van der Waals surface area contributed by atoms with Crippen molar-refractivity contribution in [2.24, 2.45) is 7.05 Å². The second kappa shape index (κ2) is 7.22. The molecule has 5 heteroatoms. The largest absolute Gasteiger partial charge is 0.496 e. The van der Waals surface area contributed by atoms with E-state index in [2.05, 4.69) is 52.7 Å². The summed E-state index contributed by atoms with van der Waals surface area (Å²) in [6, 6.07) is 22.8. The van der Waals surface area contributed by atoms with Crippen molar-refractivity contribution in [3.8, 4) is 17.1 Å². The van der Waals surface area contributed by atoms with Crippen molar-refractivity contribution in [3.63, 3.8) is 0 Å². The van der Waals surface area contributed by atoms with Crippen LogP contribution in [0.4, 0.5) is 0 Å². The summed E-state index contributed by atoms with van der Waals surface area (Å²) in [5.74, 6) is 2.45. The van der Waals surface area contributed by atoms with Gasteiger partial charge in [0.25, 0.3) is 0 Å². The molecule has 4 nitrogen and oxygen atoms in total. The Morgan fingerprint density at radius 3 is 2.58 bits per heavy atom. The van der Waals surface area contributed by atoms with E-state index in [0.29, 0.717) is 0 Å². The Kier molecular flexibility index (Phi) is 4.63. The van der Waals surface area contributed by atoms with E-state index in [-0.39, 0.29) is 0 Å². The Hall–Kier alpha value is -2.79. The molecule has 1 heterocycles. The van der Waals surface area contributed by atoms with Crippen molar-refractivity contribution in [3.05, 3.63) is 72.3 Å². The van der Waals surface area contributed by atoms with Crippen LogP contribution in [-0.4, -0.2) is 21.9 Å². The van der Waals surface area contributed by atoms with Crippen LogP contribution in [0.2, 0.25) is 0 Å². The molecule has 0 spiro atoms. The van der Waals surface area contributed by atoms with E-state index < -0.39 is 0 Å². The normalized spacial score (nSPS) is 11.0. The quantitative estimate of drug-likeness (QED) is 0.472. The molecule has 1 aromatic heterocycles. The molecule has 4 rings (SSSR count). The molecule has 26 heavy (non-hydrogen) atoms. The van der Waals surface area contributed by atoms with Gasteiger partial charge in [0, 0.05) is 12.8 Å². The Morgan fingerprint density at radius 2 is 1.69 bits per heavy atom. The topological polar surface area (TPSA) is 39.9 Å². The van der Waals surface area contributed by atoms with Gasteiger partial charge in [-0.3, -0.25) is 0 Å². The zero-order chi connectivity index (χ0) is 17.9. The van der Waals surface area contributed by atoms with Crippen molar-refractivity contribution in [2.45, 2.75) is 10.9 Å². The van der Waals surface area contributed by atoms with Gasteiger partial charge in [0.05, 0.1) is 12.7 Å². The molecule has 0 bridgehead atoms. The van der Waals surface area contributed by atoms with Gasteiger partial charge in [-0.1, -0.05) is 66.4 Å². The summed E-state index contributed by atoms with van der Waals surface area (Å²) in [6.07, 6.45) is 0. The summed E-state index contributed by atoms with van der Waals surface area (Å²) in [7, 11) is 3.67. The number of hydrogen-bond donors (Lipinski definition) is 0. The minimum Gasteiger partial charge on any atom is -0.496 e. The standard InChI is InChI=1S/C21H19N3OS/c1-24-20(18-12-5-6-13-19(18)25-2)22-23-21(24)26-14-16-10-7-9-15-8-3-4-11-17(15)16/h3-13H,14H2,1-2H3. The highest BCUT2D eigenvalue weighted by molar-refractivity contribution is 7.98. The van der Waals surface area contributed by atoms with Gasteiger partial charge in [-0.25, -0.2) is 0 Å². The van der Waals surface area contributed by atoms with Gasteiger partial charge in [-0.15, -0.1) is 10.2 Å². The highest BCUT2D eigenvalue weighted by Crippen LogP contribution is 2.31. The molecule has 0 aliphatic heterocycles. The lowest BCUT2D eigenvalue weighted by Gasteiger charge is -2.09. The van der Waals surface area contributed by atoms with Crippen molar-refractivity contribution >= 4 is 22.5 Å². The average Bonchev–Trinajstić information content (AvgIpc) is 3.06. The lowest BCUT2D eigenvalue weighted by atomic mass is 10.1. The van der Waals surface area contributed by atoms with Crippen LogP contribution in [0.1, 0.15) is 5.56 Å². The lowest BCUT2D eigenvalue weighted by molar-refractivity contribution is 0.416. The first-order chi connectivity index (χ1) is 12.8. The summed E-state index contributed by atoms with van der Waals surface area (Å²) < 4.78 is 7.48. The molecule has 0 atom stereocenters. The van der Waals surface area contributed by atoms with Crippen LogP contribution in [0.25, 0.3) is 22.2 Å². The number of thioether (sulfide) groups is 1. The maximum atomic E-state index is 5.45. The molecule has 0 amide bonds. The predicted octanol–water partition coefficient (Wildman–Crippen LogP) is 4.94. The van der Waals surface area contributed by atoms with Crippen molar-refractivity contribution in [1.29, 1.82) is 0 Å². The van der Waals surface area contributed by atoms with Crippen LogP contribution in [0.3, 0.4) is 0 Å². The summed E-state index contributed by atoms with van der Waals surface area (Å²) in [6.45, 7) is 0. The number of rotatable bonds is 5. The minimum absolute atomic E-state index is 0.800. The third kappa shape index (κ3) is 3.06. The van der Waals surface area contributed by atoms with E-state index in [4.69, 9.17) is 4.74 Å². The molecule has 0 unspecified atom stereocenters. The van der Waals surface area contributed by atoms with Gasteiger partial charge in [-0.05, 0) is 28.5 Å². The van der Waals surface area contributed by atoms with Crippen LogP contribution in [0.15, 0.2) is 71.9 Å². The van der Waals surface area contributed by atoms with Crippen LogP contribution in [-0.2, 0) is 12.8 Å². The van der Waals surface area contributed by atoms with Crippen LogP contribution < -0.4 is 4.74 Å². The predicted molar refractivity (Wildman–Crippen MR) is 107 cm³/mol. The van der Waals surface area contributed by atoms with Crippen molar-refractivity contribution in [1.82, 2.24) is 14.8 Å². The molecule has 0 aliphatic carbocycles. The number of nitrogens with zero attached hydrogens (tertiary/aromatic N) is 3. The summed E-state index contributed by atoms with van der Waals surface area (Å²) >= 11 is 1.69. The zero-order valence-corrected chi connectivity index (χ0v) is 15.5. The Balaban J connectivity index is 1.61. The number of benzene rings is 3. The van der Waals surface area contributed by atoms with Crippen LogP contribution in [0.5, 0.6) is 5.75 Å². The minimum atomic E-state index is 0.800. The van der Waals surface area contributed by atoms with Gasteiger partial charge >= 0.3 is 0 Å². The number of methoxy groups -OCH3 is 1. The van der Waals surface area contributed by atoms with Gasteiger partial charge in [0.2, 0.25) is 0 Å². The molecule has 0 saturated carbocycles. The van der Waals surface area contributed by atoms with E-state index in [0.717, 1.165) is 28.0 Å². The fourth-order valence-electron chi connectivity index (χ4n) is 3.07. The molecule has 0 saturated heterocycles. The molecule has 0 aliphatic rings. The van der Waals surface area contributed by atoms with E-state index in [1.54, 1.807) is 18.9 Å². The van der Waals surface area contributed by atoms with Gasteiger partial charge in [0.1, 0.15) is 5.75 Å². The Bertz CT molecular complexity index is 1050. The van der Waals surface area contributed by atoms with Gasteiger partial charge in [0.15, 0.2) is 11.0 Å². The molecule has 0 radical (unpaired) electrons. The van der Waals surface area contributed by atoms with E-state index in [9.17, 15) is 0 Å². The van der Waals surface area contributed by atoms with E-state index in [1.807, 2.05) is 35.9 Å². The van der Waals surface area contributed by atoms with Crippen molar-refractivity contribution < 1.29 is 4.74 Å². The summed E-state index contributed by atoms with van der Waals surface area (Å²) in [5, 5.41) is 12.2. The SMILES string of the molecule is COc1ccccc1-c1nnc(SCc2cccc3ccccc23)n1C. The molecule has 0 fully saturated rings. The smallest absolute Gasteiger partial charge is 0.191 e. The Morgan fingerprint density at radius 1 is 0.923 bits per heavy atom. The molecule has 3 aromatic carbocycles. The number of hydrogen-bond acceptors (Lipinski definition) is 4. The first kappa shape index (κ1) is 16.7. The maximum Gasteiger partial charge on any atom is 0.191 e. The summed E-state index contributed by atoms with van der Waals surface area (Å²) in [5.41, 5.74) is 2.25. The van der Waals surface area contributed by atoms with Crippen molar-refractivity contribution in [2.75, 3.05) is 7.11 Å². The fraction of sp³-hybridized carbons (Fsp3) is 0.143. The van der Waals surface area contributed by atoms with Gasteiger partial charge in [-0.2, -0.15) is 0 Å². The van der Waals surface area contributed by atoms with Crippen LogP contribution >= 0.6 is 11.8 Å². The maximum absolute atomic E-state index is 5.45. The fourth-order valence-corrected chi connectivity index (χ4v) is 3.98. The number of aromatic nitrogens is 3. The van der Waals surface area contributed by atoms with E-state index in [1.165, 1.54) is 16.3 Å². The zero-order valence-electron chi connectivity index (χ0n) is 14.7. The number of para-hydroxylation sites is 1. The molecular formula is C21H19N3OS.